The maximum atomic E-state index is 13.7. The van der Waals surface area contributed by atoms with E-state index in [0.717, 1.165) is 12.1 Å². The van der Waals surface area contributed by atoms with Gasteiger partial charge in [0.2, 0.25) is 10.0 Å². The molecular weight excluding hydrogens is 283 g/mol. The number of aliphatic hydroxyl groups excluding tert-OH is 1. The molecule has 1 atom stereocenters. The second kappa shape index (κ2) is 5.83. The summed E-state index contributed by atoms with van der Waals surface area (Å²) in [6.45, 7) is 1.31. The molecule has 1 unspecified atom stereocenters. The topological polar surface area (TPSA) is 92.4 Å². The lowest BCUT2D eigenvalue weighted by molar-refractivity contribution is 0.253. The second-order valence-corrected chi connectivity index (χ2v) is 5.84. The second-order valence-electron chi connectivity index (χ2n) is 3.72. The van der Waals surface area contributed by atoms with Crippen molar-refractivity contribution in [1.29, 1.82) is 0 Å². The van der Waals surface area contributed by atoms with Crippen molar-refractivity contribution in [3.05, 3.63) is 23.0 Å². The molecule has 0 amide bonds. The highest BCUT2D eigenvalue weighted by molar-refractivity contribution is 7.89. The van der Waals surface area contributed by atoms with Crippen molar-refractivity contribution in [2.24, 2.45) is 0 Å². The molecule has 0 spiro atoms. The van der Waals surface area contributed by atoms with Crippen molar-refractivity contribution in [1.82, 2.24) is 4.72 Å². The molecule has 0 fully saturated rings. The number of nitrogens with two attached hydrogens (primary N) is 1. The molecular formula is C10H14ClFN2O3S. The molecule has 5 nitrogen and oxygen atoms in total. The molecule has 4 N–H and O–H groups in total. The Bertz CT molecular complexity index is 532. The van der Waals surface area contributed by atoms with Crippen LogP contribution in [0.5, 0.6) is 0 Å². The van der Waals surface area contributed by atoms with Gasteiger partial charge >= 0.3 is 0 Å². The first-order valence-electron chi connectivity index (χ1n) is 5.19. The average molecular weight is 297 g/mol. The number of nitrogen functional groups attached to an aromatic ring is 1. The first-order valence-corrected chi connectivity index (χ1v) is 7.05. The summed E-state index contributed by atoms with van der Waals surface area (Å²) in [6, 6.07) is 1.41. The lowest BCUT2D eigenvalue weighted by Gasteiger charge is -2.15. The Balaban J connectivity index is 3.20. The Hall–Kier alpha value is -0.890. The Morgan fingerprint density at radius 2 is 2.17 bits per heavy atom. The zero-order chi connectivity index (χ0) is 13.9. The SMILES string of the molecule is CCC(CO)NS(=O)(=O)c1cc(Cl)cc(N)c1F. The quantitative estimate of drug-likeness (QED) is 0.710. The van der Waals surface area contributed by atoms with Crippen molar-refractivity contribution >= 4 is 27.3 Å². The molecule has 1 aromatic rings. The minimum atomic E-state index is -4.11. The Labute approximate surface area is 110 Å². The van der Waals surface area contributed by atoms with Crippen LogP contribution in [-0.4, -0.2) is 26.2 Å². The van der Waals surface area contributed by atoms with Gasteiger partial charge in [0.1, 0.15) is 4.90 Å². The minimum Gasteiger partial charge on any atom is -0.396 e. The molecule has 0 radical (unpaired) electrons. The molecule has 0 aliphatic rings. The summed E-state index contributed by atoms with van der Waals surface area (Å²) in [7, 11) is -4.11. The van der Waals surface area contributed by atoms with Crippen LogP contribution in [0.1, 0.15) is 13.3 Å². The maximum Gasteiger partial charge on any atom is 0.243 e. The zero-order valence-electron chi connectivity index (χ0n) is 9.65. The van der Waals surface area contributed by atoms with Crippen LogP contribution in [0.3, 0.4) is 0 Å². The van der Waals surface area contributed by atoms with E-state index in [9.17, 15) is 12.8 Å². The maximum absolute atomic E-state index is 13.7. The number of anilines is 1. The van der Waals surface area contributed by atoms with Crippen LogP contribution in [0.4, 0.5) is 10.1 Å². The van der Waals surface area contributed by atoms with Crippen molar-refractivity contribution in [2.45, 2.75) is 24.3 Å². The van der Waals surface area contributed by atoms with Crippen LogP contribution in [0.2, 0.25) is 5.02 Å². The first kappa shape index (κ1) is 15.2. The highest BCUT2D eigenvalue weighted by atomic mass is 35.5. The van der Waals surface area contributed by atoms with Gasteiger partial charge in [0, 0.05) is 11.1 Å². The molecule has 0 bridgehead atoms. The van der Waals surface area contributed by atoms with E-state index >= 15 is 0 Å². The molecule has 0 aliphatic carbocycles. The van der Waals surface area contributed by atoms with Gasteiger partial charge in [-0.05, 0) is 18.6 Å². The molecule has 1 aromatic carbocycles. The minimum absolute atomic E-state index is 0.0197. The van der Waals surface area contributed by atoms with E-state index in [-0.39, 0.29) is 17.3 Å². The van der Waals surface area contributed by atoms with E-state index in [0.29, 0.717) is 6.42 Å². The molecule has 1 rings (SSSR count). The van der Waals surface area contributed by atoms with Gasteiger partial charge in [0.05, 0.1) is 12.3 Å². The van der Waals surface area contributed by atoms with Gasteiger partial charge in [-0.2, -0.15) is 0 Å². The summed E-state index contributed by atoms with van der Waals surface area (Å²) in [5.41, 5.74) is 4.97. The first-order chi connectivity index (χ1) is 8.31. The number of aliphatic hydroxyl groups is 1. The van der Waals surface area contributed by atoms with E-state index < -0.39 is 26.8 Å². The van der Waals surface area contributed by atoms with Gasteiger partial charge in [-0.25, -0.2) is 17.5 Å². The number of nitrogens with one attached hydrogen (secondary N) is 1. The molecule has 0 heterocycles. The number of benzene rings is 1. The Morgan fingerprint density at radius 3 is 2.67 bits per heavy atom. The van der Waals surface area contributed by atoms with Gasteiger partial charge < -0.3 is 10.8 Å². The molecule has 8 heteroatoms. The zero-order valence-corrected chi connectivity index (χ0v) is 11.2. The molecule has 0 saturated heterocycles. The molecule has 18 heavy (non-hydrogen) atoms. The predicted octanol–water partition coefficient (Wildman–Crippen LogP) is 1.11. The highest BCUT2D eigenvalue weighted by Crippen LogP contribution is 2.25. The van der Waals surface area contributed by atoms with E-state index in [1.807, 2.05) is 0 Å². The van der Waals surface area contributed by atoms with Gasteiger partial charge in [-0.3, -0.25) is 0 Å². The normalized spacial score (nSPS) is 13.6. The van der Waals surface area contributed by atoms with Crippen molar-refractivity contribution in [3.8, 4) is 0 Å². The number of hydrogen-bond donors (Lipinski definition) is 3. The van der Waals surface area contributed by atoms with Crippen LogP contribution in [0, 0.1) is 5.82 Å². The van der Waals surface area contributed by atoms with Crippen molar-refractivity contribution < 1.29 is 17.9 Å². The van der Waals surface area contributed by atoms with Gasteiger partial charge in [-0.1, -0.05) is 18.5 Å². The molecule has 102 valence electrons. The lowest BCUT2D eigenvalue weighted by Crippen LogP contribution is -2.37. The van der Waals surface area contributed by atoms with Gasteiger partial charge in [-0.15, -0.1) is 0 Å². The van der Waals surface area contributed by atoms with E-state index in [2.05, 4.69) is 4.72 Å². The lowest BCUT2D eigenvalue weighted by atomic mass is 10.3. The van der Waals surface area contributed by atoms with E-state index in [4.69, 9.17) is 22.4 Å². The van der Waals surface area contributed by atoms with E-state index in [1.54, 1.807) is 6.92 Å². The number of halogens is 2. The van der Waals surface area contributed by atoms with Crippen molar-refractivity contribution in [3.63, 3.8) is 0 Å². The Kier molecular flexibility index (Phi) is 4.92. The van der Waals surface area contributed by atoms with Crippen LogP contribution in [-0.2, 0) is 10.0 Å². The third kappa shape index (κ3) is 3.32. The largest absolute Gasteiger partial charge is 0.396 e. The van der Waals surface area contributed by atoms with Crippen LogP contribution < -0.4 is 10.5 Å². The summed E-state index contributed by atoms with van der Waals surface area (Å²) in [4.78, 5) is -0.626. The fourth-order valence-corrected chi connectivity index (χ4v) is 3.05. The fraction of sp³-hybridized carbons (Fsp3) is 0.400. The van der Waals surface area contributed by atoms with Crippen LogP contribution in [0.25, 0.3) is 0 Å². The van der Waals surface area contributed by atoms with Crippen LogP contribution in [0.15, 0.2) is 17.0 Å². The fourth-order valence-electron chi connectivity index (χ4n) is 1.31. The summed E-state index contributed by atoms with van der Waals surface area (Å²) in [5.74, 6) is -1.06. The molecule has 0 aliphatic heterocycles. The molecule has 0 saturated carbocycles. The summed E-state index contributed by atoms with van der Waals surface area (Å²) >= 11 is 5.64. The molecule has 0 aromatic heterocycles. The Morgan fingerprint density at radius 1 is 1.56 bits per heavy atom. The smallest absolute Gasteiger partial charge is 0.243 e. The monoisotopic (exact) mass is 296 g/mol. The van der Waals surface area contributed by atoms with Crippen molar-refractivity contribution in [2.75, 3.05) is 12.3 Å². The van der Waals surface area contributed by atoms with E-state index in [1.165, 1.54) is 0 Å². The standard InChI is InChI=1S/C10H14ClFN2O3S/c1-2-7(5-15)14-18(16,17)9-4-6(11)3-8(13)10(9)12/h3-4,7,14-15H,2,5,13H2,1H3. The number of hydrogen-bond acceptors (Lipinski definition) is 4. The average Bonchev–Trinajstić information content (AvgIpc) is 2.30. The predicted molar refractivity (Wildman–Crippen MR) is 67.3 cm³/mol. The summed E-state index contributed by atoms with van der Waals surface area (Å²) in [6.07, 6.45) is 0.368. The summed E-state index contributed by atoms with van der Waals surface area (Å²) < 4.78 is 39.7. The van der Waals surface area contributed by atoms with Crippen LogP contribution >= 0.6 is 11.6 Å². The van der Waals surface area contributed by atoms with Gasteiger partial charge in [0.25, 0.3) is 0 Å². The summed E-state index contributed by atoms with van der Waals surface area (Å²) in [5, 5.41) is 8.96. The highest BCUT2D eigenvalue weighted by Gasteiger charge is 2.24. The third-order valence-corrected chi connectivity index (χ3v) is 4.09. The number of sulfonamides is 1. The number of rotatable bonds is 5. The third-order valence-electron chi connectivity index (χ3n) is 2.36. The van der Waals surface area contributed by atoms with Gasteiger partial charge in [0.15, 0.2) is 5.82 Å².